The molecule has 106 valence electrons. The number of hydrogen-bond acceptors (Lipinski definition) is 5. The Morgan fingerprint density at radius 3 is 2.85 bits per heavy atom. The Morgan fingerprint density at radius 1 is 1.25 bits per heavy atom. The zero-order chi connectivity index (χ0) is 14.2. The summed E-state index contributed by atoms with van der Waals surface area (Å²) in [4.78, 5) is 9.55. The van der Waals surface area contributed by atoms with Gasteiger partial charge in [-0.2, -0.15) is 0 Å². The summed E-state index contributed by atoms with van der Waals surface area (Å²) < 4.78 is 26.3. The Morgan fingerprint density at radius 2 is 2.10 bits per heavy atom. The highest BCUT2D eigenvalue weighted by atomic mass is 32.2. The van der Waals surface area contributed by atoms with Gasteiger partial charge in [-0.3, -0.25) is 9.82 Å². The highest BCUT2D eigenvalue weighted by Crippen LogP contribution is 2.29. The Kier molecular flexibility index (Phi) is 3.33. The van der Waals surface area contributed by atoms with Crippen LogP contribution >= 0.6 is 0 Å². The van der Waals surface area contributed by atoms with E-state index < -0.39 is 10.0 Å². The maximum Gasteiger partial charge on any atom is 0.267 e. The number of sulfonamides is 1. The molecule has 1 aliphatic rings. The van der Waals surface area contributed by atoms with Crippen LogP contribution in [0.25, 0.3) is 10.9 Å². The molecule has 0 saturated carbocycles. The van der Waals surface area contributed by atoms with Crippen molar-refractivity contribution >= 4 is 26.6 Å². The van der Waals surface area contributed by atoms with Crippen LogP contribution in [-0.4, -0.2) is 31.0 Å². The largest absolute Gasteiger partial charge is 0.398 e. The van der Waals surface area contributed by atoms with Crippen LogP contribution in [0.4, 0.5) is 5.69 Å². The molecule has 1 aromatic heterocycles. The summed E-state index contributed by atoms with van der Waals surface area (Å²) in [5.74, 6) is 0. The zero-order valence-corrected chi connectivity index (χ0v) is 11.6. The van der Waals surface area contributed by atoms with Gasteiger partial charge in [0.05, 0.1) is 12.1 Å². The van der Waals surface area contributed by atoms with Crippen molar-refractivity contribution in [3.05, 3.63) is 30.5 Å². The number of nitrogen functional groups attached to an aromatic ring is 1. The van der Waals surface area contributed by atoms with Crippen molar-refractivity contribution in [3.8, 4) is 0 Å². The van der Waals surface area contributed by atoms with E-state index in [4.69, 9.17) is 10.6 Å². The van der Waals surface area contributed by atoms with E-state index in [9.17, 15) is 8.42 Å². The van der Waals surface area contributed by atoms with Gasteiger partial charge in [-0.1, -0.05) is 4.47 Å². The van der Waals surface area contributed by atoms with Gasteiger partial charge in [-0.15, -0.1) is 0 Å². The van der Waals surface area contributed by atoms with E-state index in [1.165, 1.54) is 6.07 Å². The lowest BCUT2D eigenvalue weighted by Crippen LogP contribution is -2.35. The SMILES string of the molecule is Nc1ccc(S(=O)(=O)N2CCCCO2)c2ncccc12. The van der Waals surface area contributed by atoms with Crippen molar-refractivity contribution in [1.29, 1.82) is 0 Å². The van der Waals surface area contributed by atoms with Gasteiger partial charge in [0.15, 0.2) is 0 Å². The van der Waals surface area contributed by atoms with E-state index in [1.54, 1.807) is 24.4 Å². The molecule has 1 saturated heterocycles. The lowest BCUT2D eigenvalue weighted by molar-refractivity contribution is -0.108. The molecule has 0 aliphatic carbocycles. The van der Waals surface area contributed by atoms with Gasteiger partial charge in [-0.25, -0.2) is 8.42 Å². The quantitative estimate of drug-likeness (QED) is 0.849. The number of rotatable bonds is 2. The number of nitrogens with two attached hydrogens (primary N) is 1. The van der Waals surface area contributed by atoms with Crippen LogP contribution < -0.4 is 5.73 Å². The fourth-order valence-corrected chi connectivity index (χ4v) is 3.70. The topological polar surface area (TPSA) is 85.5 Å². The standard InChI is InChI=1S/C13H15N3O3S/c14-11-5-6-12(13-10(11)4-3-7-15-13)20(17,18)16-8-1-2-9-19-16/h3-7H,1-2,8-9,14H2. The van der Waals surface area contributed by atoms with Gasteiger partial charge in [0.2, 0.25) is 0 Å². The summed E-state index contributed by atoms with van der Waals surface area (Å²) in [6.07, 6.45) is 3.21. The number of benzene rings is 1. The molecule has 0 radical (unpaired) electrons. The second-order valence-electron chi connectivity index (χ2n) is 4.62. The molecule has 1 fully saturated rings. The van der Waals surface area contributed by atoms with E-state index in [0.29, 0.717) is 29.7 Å². The van der Waals surface area contributed by atoms with E-state index >= 15 is 0 Å². The second kappa shape index (κ2) is 5.01. The van der Waals surface area contributed by atoms with Gasteiger partial charge in [0.1, 0.15) is 4.90 Å². The zero-order valence-electron chi connectivity index (χ0n) is 10.8. The summed E-state index contributed by atoms with van der Waals surface area (Å²) in [7, 11) is -3.71. The van der Waals surface area contributed by atoms with Gasteiger partial charge >= 0.3 is 0 Å². The number of fused-ring (bicyclic) bond motifs is 1. The predicted octanol–water partition coefficient (Wildman–Crippen LogP) is 1.53. The van der Waals surface area contributed by atoms with Gasteiger partial charge < -0.3 is 5.73 Å². The molecule has 2 N–H and O–H groups in total. The van der Waals surface area contributed by atoms with Gasteiger partial charge in [0, 0.05) is 23.8 Å². The number of hydroxylamine groups is 1. The summed E-state index contributed by atoms with van der Waals surface area (Å²) >= 11 is 0. The van der Waals surface area contributed by atoms with Crippen LogP contribution in [0.5, 0.6) is 0 Å². The molecule has 0 bridgehead atoms. The minimum Gasteiger partial charge on any atom is -0.398 e. The fraction of sp³-hybridized carbons (Fsp3) is 0.308. The Balaban J connectivity index is 2.16. The predicted molar refractivity (Wildman–Crippen MR) is 75.2 cm³/mol. The van der Waals surface area contributed by atoms with Crippen LogP contribution in [0.1, 0.15) is 12.8 Å². The van der Waals surface area contributed by atoms with Crippen LogP contribution in [0.3, 0.4) is 0 Å². The highest BCUT2D eigenvalue weighted by molar-refractivity contribution is 7.89. The molecule has 7 heteroatoms. The molecule has 0 spiro atoms. The van der Waals surface area contributed by atoms with Crippen LogP contribution in [0.2, 0.25) is 0 Å². The minimum absolute atomic E-state index is 0.129. The van der Waals surface area contributed by atoms with Crippen molar-refractivity contribution in [2.24, 2.45) is 0 Å². The summed E-state index contributed by atoms with van der Waals surface area (Å²) in [6, 6.07) is 6.55. The van der Waals surface area contributed by atoms with E-state index in [0.717, 1.165) is 17.3 Å². The van der Waals surface area contributed by atoms with Crippen molar-refractivity contribution in [3.63, 3.8) is 0 Å². The smallest absolute Gasteiger partial charge is 0.267 e. The van der Waals surface area contributed by atoms with Crippen molar-refractivity contribution in [2.75, 3.05) is 18.9 Å². The monoisotopic (exact) mass is 293 g/mol. The third kappa shape index (κ3) is 2.13. The number of hydrogen-bond donors (Lipinski definition) is 1. The Labute approximate surface area is 117 Å². The third-order valence-electron chi connectivity index (χ3n) is 3.28. The molecule has 1 aliphatic heterocycles. The van der Waals surface area contributed by atoms with Crippen LogP contribution in [0.15, 0.2) is 35.4 Å². The highest BCUT2D eigenvalue weighted by Gasteiger charge is 2.29. The average Bonchev–Trinajstić information content (AvgIpc) is 2.48. The fourth-order valence-electron chi connectivity index (χ4n) is 2.25. The van der Waals surface area contributed by atoms with E-state index in [1.807, 2.05) is 0 Å². The van der Waals surface area contributed by atoms with Crippen molar-refractivity contribution < 1.29 is 13.3 Å². The van der Waals surface area contributed by atoms with Crippen LogP contribution in [0, 0.1) is 0 Å². The summed E-state index contributed by atoms with van der Waals surface area (Å²) in [5.41, 5.74) is 6.75. The summed E-state index contributed by atoms with van der Waals surface area (Å²) in [5, 5.41) is 0.630. The molecule has 3 rings (SSSR count). The molecule has 0 atom stereocenters. The van der Waals surface area contributed by atoms with Gasteiger partial charge in [0.25, 0.3) is 10.0 Å². The molecule has 0 amide bonds. The maximum absolute atomic E-state index is 12.6. The van der Waals surface area contributed by atoms with Crippen molar-refractivity contribution in [1.82, 2.24) is 9.45 Å². The normalized spacial score (nSPS) is 17.4. The first-order valence-corrected chi connectivity index (χ1v) is 7.83. The maximum atomic E-state index is 12.6. The molecule has 2 heterocycles. The molecular weight excluding hydrogens is 278 g/mol. The van der Waals surface area contributed by atoms with Gasteiger partial charge in [-0.05, 0) is 37.1 Å². The molecular formula is C13H15N3O3S. The number of nitrogens with zero attached hydrogens (tertiary/aromatic N) is 2. The lowest BCUT2D eigenvalue weighted by Gasteiger charge is -2.25. The lowest BCUT2D eigenvalue weighted by atomic mass is 10.2. The van der Waals surface area contributed by atoms with E-state index in [-0.39, 0.29) is 4.90 Å². The average molecular weight is 293 g/mol. The minimum atomic E-state index is -3.71. The molecule has 6 nitrogen and oxygen atoms in total. The molecule has 2 aromatic rings. The summed E-state index contributed by atoms with van der Waals surface area (Å²) in [6.45, 7) is 0.778. The first-order valence-electron chi connectivity index (χ1n) is 6.39. The molecule has 20 heavy (non-hydrogen) atoms. The van der Waals surface area contributed by atoms with E-state index in [2.05, 4.69) is 4.98 Å². The Bertz CT molecular complexity index is 740. The number of pyridine rings is 1. The van der Waals surface area contributed by atoms with Crippen molar-refractivity contribution in [2.45, 2.75) is 17.7 Å². The first-order chi connectivity index (χ1) is 9.60. The number of anilines is 1. The second-order valence-corrected chi connectivity index (χ2v) is 6.42. The Hall–Kier alpha value is -1.70. The molecule has 1 aromatic carbocycles. The first kappa shape index (κ1) is 13.3. The molecule has 0 unspecified atom stereocenters. The van der Waals surface area contributed by atoms with Crippen LogP contribution in [-0.2, 0) is 14.9 Å². The third-order valence-corrected chi connectivity index (χ3v) is 4.99. The number of aromatic nitrogens is 1.